The van der Waals surface area contributed by atoms with Gasteiger partial charge in [-0.2, -0.15) is 0 Å². The molecule has 1 atom stereocenters. The molecule has 0 saturated carbocycles. The predicted molar refractivity (Wildman–Crippen MR) is 41.4 cm³/mol. The number of nitrogens with one attached hydrogen (secondary N) is 1. The first-order valence-corrected chi connectivity index (χ1v) is 3.72. The van der Waals surface area contributed by atoms with Crippen molar-refractivity contribution in [1.29, 1.82) is 0 Å². The zero-order valence-corrected chi connectivity index (χ0v) is 6.13. The highest BCUT2D eigenvalue weighted by molar-refractivity contribution is 5.98. The Hall–Kier alpha value is -1.09. The molecule has 1 unspecified atom stereocenters. The predicted octanol–water partition coefficient (Wildman–Crippen LogP) is 0.471. The van der Waals surface area contributed by atoms with Crippen LogP contribution in [0.3, 0.4) is 0 Å². The van der Waals surface area contributed by atoms with Gasteiger partial charge in [0.2, 0.25) is 0 Å². The molecule has 0 fully saturated rings. The molecule has 1 aromatic heterocycles. The number of aromatic nitrogens is 1. The molecule has 0 aliphatic heterocycles. The maximum atomic E-state index is 11.3. The second kappa shape index (κ2) is 2.20. The van der Waals surface area contributed by atoms with Crippen LogP contribution in [0.2, 0.25) is 0 Å². The number of carbonyl (C=O) groups is 1. The van der Waals surface area contributed by atoms with Crippen LogP contribution < -0.4 is 5.73 Å². The third-order valence-electron chi connectivity index (χ3n) is 2.05. The van der Waals surface area contributed by atoms with E-state index in [0.29, 0.717) is 6.42 Å². The van der Waals surface area contributed by atoms with Crippen LogP contribution in [0.1, 0.15) is 22.5 Å². The first-order chi connectivity index (χ1) is 5.27. The summed E-state index contributed by atoms with van der Waals surface area (Å²) in [5.74, 6) is 0.167. The van der Waals surface area contributed by atoms with Crippen LogP contribution in [-0.2, 0) is 6.42 Å². The molecule has 1 aliphatic rings. The van der Waals surface area contributed by atoms with Crippen LogP contribution in [-0.4, -0.2) is 16.8 Å². The Balaban J connectivity index is 2.44. The van der Waals surface area contributed by atoms with Gasteiger partial charge in [-0.1, -0.05) is 0 Å². The molecule has 1 heterocycles. The number of nitrogens with two attached hydrogens (primary N) is 1. The number of H-pyrrole nitrogens is 1. The lowest BCUT2D eigenvalue weighted by Gasteiger charge is -2.16. The lowest BCUT2D eigenvalue weighted by molar-refractivity contribution is 0.0965. The van der Waals surface area contributed by atoms with Gasteiger partial charge in [0.05, 0.1) is 0 Å². The molecule has 0 amide bonds. The van der Waals surface area contributed by atoms with Crippen LogP contribution in [0.15, 0.2) is 12.3 Å². The highest BCUT2D eigenvalue weighted by Gasteiger charge is 2.22. The van der Waals surface area contributed by atoms with Gasteiger partial charge in [-0.15, -0.1) is 0 Å². The zero-order chi connectivity index (χ0) is 7.84. The molecule has 58 valence electrons. The van der Waals surface area contributed by atoms with E-state index in [0.717, 1.165) is 17.7 Å². The van der Waals surface area contributed by atoms with Crippen molar-refractivity contribution in [3.8, 4) is 0 Å². The molecule has 11 heavy (non-hydrogen) atoms. The summed E-state index contributed by atoms with van der Waals surface area (Å²) in [6, 6.07) is 1.83. The first-order valence-electron chi connectivity index (χ1n) is 3.72. The summed E-state index contributed by atoms with van der Waals surface area (Å²) in [4.78, 5) is 14.3. The number of fused-ring (bicyclic) bond motifs is 1. The van der Waals surface area contributed by atoms with E-state index in [1.54, 1.807) is 6.20 Å². The van der Waals surface area contributed by atoms with Crippen LogP contribution in [0, 0.1) is 0 Å². The second-order valence-corrected chi connectivity index (χ2v) is 2.96. The summed E-state index contributed by atoms with van der Waals surface area (Å²) in [6.07, 6.45) is 3.08. The second-order valence-electron chi connectivity index (χ2n) is 2.96. The Labute approximate surface area is 64.6 Å². The average molecular weight is 150 g/mol. The molecule has 0 aromatic carbocycles. The Kier molecular flexibility index (Phi) is 1.32. The molecule has 2 rings (SSSR count). The van der Waals surface area contributed by atoms with Crippen LogP contribution >= 0.6 is 0 Å². The Morgan fingerprint density at radius 2 is 2.36 bits per heavy atom. The van der Waals surface area contributed by atoms with Crippen LogP contribution in [0.25, 0.3) is 0 Å². The quantitative estimate of drug-likeness (QED) is 0.564. The number of aromatic amines is 1. The number of Topliss-reactive ketones (excluding diaryl/α,β-unsaturated/α-hetero) is 1. The summed E-state index contributed by atoms with van der Waals surface area (Å²) < 4.78 is 0. The van der Waals surface area contributed by atoms with E-state index >= 15 is 0 Å². The molecule has 3 heteroatoms. The van der Waals surface area contributed by atoms with Crippen LogP contribution in [0.5, 0.6) is 0 Å². The first kappa shape index (κ1) is 6.61. The van der Waals surface area contributed by atoms with E-state index in [4.69, 9.17) is 5.73 Å². The van der Waals surface area contributed by atoms with Gasteiger partial charge < -0.3 is 10.7 Å². The van der Waals surface area contributed by atoms with Gasteiger partial charge in [-0.05, 0) is 6.07 Å². The number of ketones is 1. The highest BCUT2D eigenvalue weighted by atomic mass is 16.1. The van der Waals surface area contributed by atoms with Crippen molar-refractivity contribution >= 4 is 5.78 Å². The monoisotopic (exact) mass is 150 g/mol. The molecule has 0 saturated heterocycles. The van der Waals surface area contributed by atoms with Crippen molar-refractivity contribution in [3.05, 3.63) is 23.5 Å². The fourth-order valence-electron chi connectivity index (χ4n) is 1.52. The van der Waals surface area contributed by atoms with Gasteiger partial charge in [-0.25, -0.2) is 0 Å². The summed E-state index contributed by atoms with van der Waals surface area (Å²) >= 11 is 0. The fraction of sp³-hybridized carbons (Fsp3) is 0.375. The average Bonchev–Trinajstić information content (AvgIpc) is 2.34. The molecule has 3 nitrogen and oxygen atoms in total. The zero-order valence-electron chi connectivity index (χ0n) is 6.13. The van der Waals surface area contributed by atoms with E-state index in [1.807, 2.05) is 6.07 Å². The maximum absolute atomic E-state index is 11.3. The van der Waals surface area contributed by atoms with E-state index in [9.17, 15) is 4.79 Å². The van der Waals surface area contributed by atoms with Crippen molar-refractivity contribution in [2.75, 3.05) is 0 Å². The Bertz CT molecular complexity index is 290. The summed E-state index contributed by atoms with van der Waals surface area (Å²) in [6.45, 7) is 0. The topological polar surface area (TPSA) is 58.9 Å². The van der Waals surface area contributed by atoms with Crippen molar-refractivity contribution in [1.82, 2.24) is 4.98 Å². The summed E-state index contributed by atoms with van der Waals surface area (Å²) in [7, 11) is 0. The van der Waals surface area contributed by atoms with Gasteiger partial charge in [-0.3, -0.25) is 4.79 Å². The molecule has 0 spiro atoms. The third-order valence-corrected chi connectivity index (χ3v) is 2.05. The number of hydrogen-bond donors (Lipinski definition) is 2. The van der Waals surface area contributed by atoms with Crippen LogP contribution in [0.4, 0.5) is 0 Å². The largest absolute Gasteiger partial charge is 0.364 e. The maximum Gasteiger partial charge on any atom is 0.166 e. The van der Waals surface area contributed by atoms with Crippen molar-refractivity contribution in [2.24, 2.45) is 5.73 Å². The molecule has 0 bridgehead atoms. The summed E-state index contributed by atoms with van der Waals surface area (Å²) in [5.41, 5.74) is 7.48. The standard InChI is InChI=1S/C8H10N2O/c9-5-3-7-6(1-2-10-7)8(11)4-5/h1-2,5,10H,3-4,9H2. The third kappa shape index (κ3) is 0.973. The van der Waals surface area contributed by atoms with E-state index in [-0.39, 0.29) is 11.8 Å². The minimum Gasteiger partial charge on any atom is -0.364 e. The van der Waals surface area contributed by atoms with Gasteiger partial charge in [0.25, 0.3) is 0 Å². The summed E-state index contributed by atoms with van der Waals surface area (Å²) in [5, 5.41) is 0. The molecule has 1 aromatic rings. The Morgan fingerprint density at radius 3 is 3.18 bits per heavy atom. The lowest BCUT2D eigenvalue weighted by atomic mass is 9.93. The normalized spacial score (nSPS) is 23.4. The minimum atomic E-state index is 0.00801. The smallest absolute Gasteiger partial charge is 0.166 e. The molecular weight excluding hydrogens is 140 g/mol. The lowest BCUT2D eigenvalue weighted by Crippen LogP contribution is -2.31. The van der Waals surface area contributed by atoms with Gasteiger partial charge in [0.1, 0.15) is 0 Å². The fourth-order valence-corrected chi connectivity index (χ4v) is 1.52. The van der Waals surface area contributed by atoms with Crippen molar-refractivity contribution < 1.29 is 4.79 Å². The molecular formula is C8H10N2O. The number of carbonyl (C=O) groups excluding carboxylic acids is 1. The van der Waals surface area contributed by atoms with E-state index < -0.39 is 0 Å². The molecule has 1 aliphatic carbocycles. The number of hydrogen-bond acceptors (Lipinski definition) is 2. The molecule has 3 N–H and O–H groups in total. The van der Waals surface area contributed by atoms with Crippen molar-refractivity contribution in [2.45, 2.75) is 18.9 Å². The SMILES string of the molecule is NC1CC(=O)c2cc[nH]c2C1. The van der Waals surface area contributed by atoms with E-state index in [2.05, 4.69) is 4.98 Å². The Morgan fingerprint density at radius 1 is 1.55 bits per heavy atom. The highest BCUT2D eigenvalue weighted by Crippen LogP contribution is 2.18. The van der Waals surface area contributed by atoms with E-state index in [1.165, 1.54) is 0 Å². The molecule has 0 radical (unpaired) electrons. The number of rotatable bonds is 0. The minimum absolute atomic E-state index is 0.00801. The van der Waals surface area contributed by atoms with Gasteiger partial charge in [0, 0.05) is 36.3 Å². The van der Waals surface area contributed by atoms with Crippen molar-refractivity contribution in [3.63, 3.8) is 0 Å². The van der Waals surface area contributed by atoms with Gasteiger partial charge >= 0.3 is 0 Å². The van der Waals surface area contributed by atoms with Gasteiger partial charge in [0.15, 0.2) is 5.78 Å².